The Morgan fingerprint density at radius 3 is 2.68 bits per heavy atom. The van der Waals surface area contributed by atoms with E-state index in [1.807, 2.05) is 0 Å². The van der Waals surface area contributed by atoms with E-state index in [4.69, 9.17) is 0 Å². The largest absolute Gasteiger partial charge is 0.471 e. The lowest BCUT2D eigenvalue weighted by Gasteiger charge is -2.15. The Morgan fingerprint density at radius 2 is 2.14 bits per heavy atom. The molecule has 0 aliphatic carbocycles. The molecule has 0 radical (unpaired) electrons. The minimum atomic E-state index is -4.27. The number of hydrogen-bond donors (Lipinski definition) is 2. The molecule has 0 fully saturated rings. The van der Waals surface area contributed by atoms with Crippen LogP contribution in [0.3, 0.4) is 0 Å². The molecule has 0 bridgehead atoms. The smallest absolute Gasteiger partial charge is 0.340 e. The fraction of sp³-hybridized carbons (Fsp3) is 0.250. The predicted octanol–water partition coefficient (Wildman–Crippen LogP) is 2.34. The van der Waals surface area contributed by atoms with E-state index in [1.165, 1.54) is 18.3 Å². The molecule has 0 saturated heterocycles. The van der Waals surface area contributed by atoms with Gasteiger partial charge in [0.2, 0.25) is 5.88 Å². The van der Waals surface area contributed by atoms with Gasteiger partial charge in [0, 0.05) is 18.3 Å². The number of aromatic nitrogens is 3. The highest BCUT2D eigenvalue weighted by atomic mass is 19.3. The van der Waals surface area contributed by atoms with Gasteiger partial charge >= 0.3 is 12.3 Å². The lowest BCUT2D eigenvalue weighted by atomic mass is 10.2. The molecule has 2 rings (SSSR count). The van der Waals surface area contributed by atoms with Gasteiger partial charge in [-0.05, 0) is 6.07 Å². The van der Waals surface area contributed by atoms with Gasteiger partial charge in [-0.1, -0.05) is 0 Å². The molecule has 2 heterocycles. The Bertz CT molecular complexity index is 617. The Morgan fingerprint density at radius 1 is 1.36 bits per heavy atom. The van der Waals surface area contributed by atoms with Crippen LogP contribution in [0.15, 0.2) is 30.6 Å². The molecule has 118 valence electrons. The van der Waals surface area contributed by atoms with E-state index < -0.39 is 24.9 Å². The minimum absolute atomic E-state index is 0.127. The Hall–Kier alpha value is -2.65. The fourth-order valence-electron chi connectivity index (χ4n) is 1.35. The van der Waals surface area contributed by atoms with Crippen molar-refractivity contribution in [3.05, 3.63) is 36.2 Å². The minimum Gasteiger partial charge on any atom is -0.471 e. The number of carbonyl (C=O) groups is 1. The maximum Gasteiger partial charge on any atom is 0.340 e. The fourth-order valence-corrected chi connectivity index (χ4v) is 1.35. The molecule has 0 saturated carbocycles. The SMILES string of the molecule is O=C(Nc1ccn[nH]1)c1ccc(OCC(F)(F)C(F)F)nc1. The highest BCUT2D eigenvalue weighted by Crippen LogP contribution is 2.23. The molecule has 22 heavy (non-hydrogen) atoms. The third-order valence-corrected chi connectivity index (χ3v) is 2.48. The van der Waals surface area contributed by atoms with Crippen molar-refractivity contribution in [1.29, 1.82) is 0 Å². The zero-order chi connectivity index (χ0) is 16.2. The Labute approximate surface area is 121 Å². The summed E-state index contributed by atoms with van der Waals surface area (Å²) in [4.78, 5) is 15.4. The average Bonchev–Trinajstić information content (AvgIpc) is 2.98. The summed E-state index contributed by atoms with van der Waals surface area (Å²) in [6, 6.07) is 3.91. The van der Waals surface area contributed by atoms with Crippen LogP contribution in [0.2, 0.25) is 0 Å². The van der Waals surface area contributed by atoms with Gasteiger partial charge in [0.25, 0.3) is 5.91 Å². The van der Waals surface area contributed by atoms with E-state index in [9.17, 15) is 22.4 Å². The van der Waals surface area contributed by atoms with Crippen LogP contribution in [0.25, 0.3) is 0 Å². The van der Waals surface area contributed by atoms with Crippen molar-refractivity contribution >= 4 is 11.7 Å². The normalized spacial score (nSPS) is 11.5. The van der Waals surface area contributed by atoms with E-state index in [2.05, 4.69) is 25.2 Å². The number of ether oxygens (including phenoxy) is 1. The number of hydrogen-bond acceptors (Lipinski definition) is 4. The maximum absolute atomic E-state index is 12.7. The van der Waals surface area contributed by atoms with Gasteiger partial charge < -0.3 is 10.1 Å². The summed E-state index contributed by atoms with van der Waals surface area (Å²) in [5.41, 5.74) is 0.127. The lowest BCUT2D eigenvalue weighted by molar-refractivity contribution is -0.148. The molecule has 0 aromatic carbocycles. The molecule has 2 aromatic rings. The summed E-state index contributed by atoms with van der Waals surface area (Å²) in [6.07, 6.45) is -1.32. The van der Waals surface area contributed by atoms with Crippen LogP contribution >= 0.6 is 0 Å². The molecule has 1 amide bonds. The molecule has 0 atom stereocenters. The Balaban J connectivity index is 1.94. The molecule has 0 spiro atoms. The molecule has 2 N–H and O–H groups in total. The van der Waals surface area contributed by atoms with Gasteiger partial charge in [0.1, 0.15) is 5.82 Å². The Kier molecular flexibility index (Phi) is 4.59. The van der Waals surface area contributed by atoms with Crippen molar-refractivity contribution < 1.29 is 27.1 Å². The number of pyridine rings is 1. The second-order valence-corrected chi connectivity index (χ2v) is 4.16. The molecular formula is C12H10F4N4O2. The third-order valence-electron chi connectivity index (χ3n) is 2.48. The van der Waals surface area contributed by atoms with Crippen molar-refractivity contribution in [2.75, 3.05) is 11.9 Å². The van der Waals surface area contributed by atoms with E-state index in [0.29, 0.717) is 5.82 Å². The summed E-state index contributed by atoms with van der Waals surface area (Å²) < 4.78 is 53.7. The van der Waals surface area contributed by atoms with E-state index in [-0.39, 0.29) is 11.4 Å². The number of amides is 1. The van der Waals surface area contributed by atoms with E-state index in [0.717, 1.165) is 12.3 Å². The second kappa shape index (κ2) is 6.41. The number of anilines is 1. The highest BCUT2D eigenvalue weighted by Gasteiger charge is 2.41. The summed E-state index contributed by atoms with van der Waals surface area (Å²) >= 11 is 0. The van der Waals surface area contributed by atoms with Gasteiger partial charge in [-0.2, -0.15) is 13.9 Å². The van der Waals surface area contributed by atoms with Crippen LogP contribution in [0.5, 0.6) is 5.88 Å². The van der Waals surface area contributed by atoms with Crippen molar-refractivity contribution in [2.45, 2.75) is 12.3 Å². The van der Waals surface area contributed by atoms with Crippen LogP contribution in [-0.2, 0) is 0 Å². The van der Waals surface area contributed by atoms with Crippen LogP contribution in [-0.4, -0.2) is 40.0 Å². The third kappa shape index (κ3) is 3.93. The molecule has 10 heteroatoms. The first-order chi connectivity index (χ1) is 10.4. The van der Waals surface area contributed by atoms with Crippen molar-refractivity contribution in [3.8, 4) is 5.88 Å². The number of alkyl halides is 4. The van der Waals surface area contributed by atoms with Crippen molar-refractivity contribution in [1.82, 2.24) is 15.2 Å². The quantitative estimate of drug-likeness (QED) is 0.801. The number of rotatable bonds is 6. The number of halogens is 4. The highest BCUT2D eigenvalue weighted by molar-refractivity contribution is 6.03. The first-order valence-corrected chi connectivity index (χ1v) is 5.94. The lowest BCUT2D eigenvalue weighted by Crippen LogP contribution is -2.33. The van der Waals surface area contributed by atoms with Crippen molar-refractivity contribution in [2.24, 2.45) is 0 Å². The number of carbonyl (C=O) groups excluding carboxylic acids is 1. The summed E-state index contributed by atoms with van der Waals surface area (Å²) in [6.45, 7) is -1.50. The topological polar surface area (TPSA) is 79.9 Å². The van der Waals surface area contributed by atoms with E-state index in [1.54, 1.807) is 0 Å². The summed E-state index contributed by atoms with van der Waals surface area (Å²) in [7, 11) is 0. The van der Waals surface area contributed by atoms with Crippen LogP contribution in [0.4, 0.5) is 23.4 Å². The van der Waals surface area contributed by atoms with E-state index >= 15 is 0 Å². The van der Waals surface area contributed by atoms with Crippen LogP contribution in [0, 0.1) is 0 Å². The first-order valence-electron chi connectivity index (χ1n) is 5.94. The van der Waals surface area contributed by atoms with Crippen LogP contribution in [0.1, 0.15) is 10.4 Å². The maximum atomic E-state index is 12.7. The zero-order valence-electron chi connectivity index (χ0n) is 10.9. The average molecular weight is 318 g/mol. The molecule has 0 unspecified atom stereocenters. The second-order valence-electron chi connectivity index (χ2n) is 4.16. The zero-order valence-corrected chi connectivity index (χ0v) is 10.9. The number of nitrogens with one attached hydrogen (secondary N) is 2. The molecule has 2 aromatic heterocycles. The van der Waals surface area contributed by atoms with Gasteiger partial charge in [-0.3, -0.25) is 9.89 Å². The summed E-state index contributed by atoms with van der Waals surface area (Å²) in [5.74, 6) is -4.71. The summed E-state index contributed by atoms with van der Waals surface area (Å²) in [5, 5.41) is 8.62. The monoisotopic (exact) mass is 318 g/mol. The first kappa shape index (κ1) is 15.7. The molecule has 0 aliphatic rings. The van der Waals surface area contributed by atoms with Gasteiger partial charge in [-0.15, -0.1) is 0 Å². The van der Waals surface area contributed by atoms with Gasteiger partial charge in [0.15, 0.2) is 6.61 Å². The van der Waals surface area contributed by atoms with Crippen molar-refractivity contribution in [3.63, 3.8) is 0 Å². The molecular weight excluding hydrogens is 308 g/mol. The molecule has 6 nitrogen and oxygen atoms in total. The molecule has 0 aliphatic heterocycles. The number of aromatic amines is 1. The van der Waals surface area contributed by atoms with Crippen LogP contribution < -0.4 is 10.1 Å². The predicted molar refractivity (Wildman–Crippen MR) is 67.2 cm³/mol. The standard InChI is InChI=1S/C12H10F4N4O2/c13-11(14)12(15,16)6-22-9-2-1-7(5-17-9)10(21)19-8-3-4-18-20-8/h1-5,11H,6H2,(H2,18,19,20,21). The number of H-pyrrole nitrogens is 1. The van der Waals surface area contributed by atoms with Gasteiger partial charge in [-0.25, -0.2) is 13.8 Å². The number of nitrogens with zero attached hydrogens (tertiary/aromatic N) is 2. The van der Waals surface area contributed by atoms with Gasteiger partial charge in [0.05, 0.1) is 11.8 Å².